The first kappa shape index (κ1) is 17.1. The number of unbranched alkanes of at least 4 members (excludes halogenated alkanes) is 1. The molecule has 19 heavy (non-hydrogen) atoms. The van der Waals surface area contributed by atoms with Gasteiger partial charge < -0.3 is 5.32 Å². The molecule has 0 spiro atoms. The smallest absolute Gasteiger partial charge is 0.243 e. The SMILES string of the molecule is CC(C)CNC(=O)C=CC=CCCC=CC=CC=O. The first-order valence-electron chi connectivity index (χ1n) is 6.54. The molecular formula is C16H23NO2. The fourth-order valence-corrected chi connectivity index (χ4v) is 1.16. The third kappa shape index (κ3) is 14.0. The van der Waals surface area contributed by atoms with Crippen LogP contribution in [-0.2, 0) is 9.59 Å². The third-order valence-electron chi connectivity index (χ3n) is 2.12. The number of nitrogens with one attached hydrogen (secondary N) is 1. The summed E-state index contributed by atoms with van der Waals surface area (Å²) in [5, 5.41) is 2.81. The molecule has 0 aliphatic heterocycles. The average molecular weight is 261 g/mol. The first-order valence-corrected chi connectivity index (χ1v) is 6.54. The Kier molecular flexibility index (Phi) is 11.3. The lowest BCUT2D eigenvalue weighted by molar-refractivity contribution is -0.116. The molecule has 0 unspecified atom stereocenters. The summed E-state index contributed by atoms with van der Waals surface area (Å²) >= 11 is 0. The predicted octanol–water partition coefficient (Wildman–Crippen LogP) is 2.96. The van der Waals surface area contributed by atoms with Gasteiger partial charge in [0.15, 0.2) is 0 Å². The maximum Gasteiger partial charge on any atom is 0.243 e. The summed E-state index contributed by atoms with van der Waals surface area (Å²) in [6.07, 6.45) is 16.7. The van der Waals surface area contributed by atoms with Crippen LogP contribution in [-0.4, -0.2) is 18.7 Å². The lowest BCUT2D eigenvalue weighted by atomic mass is 10.2. The van der Waals surface area contributed by atoms with Gasteiger partial charge in [0, 0.05) is 12.6 Å². The summed E-state index contributed by atoms with van der Waals surface area (Å²) in [5.41, 5.74) is 0. The van der Waals surface area contributed by atoms with Gasteiger partial charge in [-0.1, -0.05) is 50.3 Å². The largest absolute Gasteiger partial charge is 0.352 e. The monoisotopic (exact) mass is 261 g/mol. The molecule has 3 heteroatoms. The normalized spacial score (nSPS) is 12.4. The van der Waals surface area contributed by atoms with Gasteiger partial charge in [-0.3, -0.25) is 9.59 Å². The Balaban J connectivity index is 3.67. The van der Waals surface area contributed by atoms with Crippen LogP contribution >= 0.6 is 0 Å². The van der Waals surface area contributed by atoms with E-state index in [2.05, 4.69) is 19.2 Å². The fourth-order valence-electron chi connectivity index (χ4n) is 1.16. The molecule has 0 heterocycles. The second kappa shape index (κ2) is 12.6. The lowest BCUT2D eigenvalue weighted by Crippen LogP contribution is -2.25. The van der Waals surface area contributed by atoms with Gasteiger partial charge in [0.1, 0.15) is 6.29 Å². The molecule has 0 radical (unpaired) electrons. The molecule has 0 saturated heterocycles. The van der Waals surface area contributed by atoms with Gasteiger partial charge in [0.05, 0.1) is 0 Å². The number of amides is 1. The van der Waals surface area contributed by atoms with E-state index in [1.165, 1.54) is 12.2 Å². The van der Waals surface area contributed by atoms with Gasteiger partial charge in [-0.15, -0.1) is 0 Å². The maximum absolute atomic E-state index is 11.3. The van der Waals surface area contributed by atoms with E-state index in [1.807, 2.05) is 24.3 Å². The minimum atomic E-state index is -0.0581. The van der Waals surface area contributed by atoms with Crippen LogP contribution in [0.2, 0.25) is 0 Å². The molecule has 1 amide bonds. The summed E-state index contributed by atoms with van der Waals surface area (Å²) in [6.45, 7) is 4.81. The molecular weight excluding hydrogens is 238 g/mol. The lowest BCUT2D eigenvalue weighted by Gasteiger charge is -2.03. The quantitative estimate of drug-likeness (QED) is 0.300. The Labute approximate surface area is 115 Å². The Morgan fingerprint density at radius 1 is 1.00 bits per heavy atom. The van der Waals surface area contributed by atoms with Gasteiger partial charge in [-0.2, -0.15) is 0 Å². The van der Waals surface area contributed by atoms with Crippen molar-refractivity contribution < 1.29 is 9.59 Å². The second-order valence-electron chi connectivity index (χ2n) is 4.45. The molecule has 0 aliphatic carbocycles. The van der Waals surface area contributed by atoms with Crippen molar-refractivity contribution in [3.63, 3.8) is 0 Å². The van der Waals surface area contributed by atoms with Gasteiger partial charge in [0.2, 0.25) is 5.91 Å². The number of allylic oxidation sites excluding steroid dienone is 7. The zero-order valence-electron chi connectivity index (χ0n) is 11.7. The van der Waals surface area contributed by atoms with Crippen LogP contribution in [0, 0.1) is 5.92 Å². The third-order valence-corrected chi connectivity index (χ3v) is 2.12. The topological polar surface area (TPSA) is 46.2 Å². The van der Waals surface area contributed by atoms with E-state index < -0.39 is 0 Å². The Bertz CT molecular complexity index is 363. The van der Waals surface area contributed by atoms with Crippen LogP contribution in [0.1, 0.15) is 26.7 Å². The second-order valence-corrected chi connectivity index (χ2v) is 4.45. The van der Waals surface area contributed by atoms with Crippen molar-refractivity contribution in [2.45, 2.75) is 26.7 Å². The van der Waals surface area contributed by atoms with Crippen molar-refractivity contribution in [2.24, 2.45) is 5.92 Å². The number of carbonyl (C=O) groups excluding carboxylic acids is 2. The fraction of sp³-hybridized carbons (Fsp3) is 0.375. The number of aldehydes is 1. The van der Waals surface area contributed by atoms with Crippen LogP contribution in [0.25, 0.3) is 0 Å². The van der Waals surface area contributed by atoms with Crippen LogP contribution < -0.4 is 5.32 Å². The van der Waals surface area contributed by atoms with E-state index in [0.29, 0.717) is 12.5 Å². The van der Waals surface area contributed by atoms with E-state index in [9.17, 15) is 9.59 Å². The van der Waals surface area contributed by atoms with E-state index in [1.54, 1.807) is 12.2 Å². The van der Waals surface area contributed by atoms with Gasteiger partial charge in [-0.05, 0) is 24.8 Å². The van der Waals surface area contributed by atoms with Crippen molar-refractivity contribution in [3.8, 4) is 0 Å². The Morgan fingerprint density at radius 3 is 2.21 bits per heavy atom. The van der Waals surface area contributed by atoms with Gasteiger partial charge in [0.25, 0.3) is 0 Å². The number of hydrogen-bond acceptors (Lipinski definition) is 2. The zero-order chi connectivity index (χ0) is 14.3. The molecule has 1 N–H and O–H groups in total. The highest BCUT2D eigenvalue weighted by Gasteiger charge is 1.95. The van der Waals surface area contributed by atoms with E-state index in [4.69, 9.17) is 0 Å². The summed E-state index contributed by atoms with van der Waals surface area (Å²) < 4.78 is 0. The van der Waals surface area contributed by atoms with Crippen molar-refractivity contribution in [1.82, 2.24) is 5.32 Å². The van der Waals surface area contributed by atoms with E-state index in [0.717, 1.165) is 19.1 Å². The number of rotatable bonds is 9. The molecule has 0 bridgehead atoms. The van der Waals surface area contributed by atoms with Crippen molar-refractivity contribution in [1.29, 1.82) is 0 Å². The standard InChI is InChI=1S/C16H23NO2/c1-15(2)14-17-16(19)12-10-8-6-4-3-5-7-9-11-13-18/h5-13,15H,3-4,14H2,1-2H3,(H,17,19). The number of carbonyl (C=O) groups is 2. The van der Waals surface area contributed by atoms with Crippen molar-refractivity contribution in [2.75, 3.05) is 6.54 Å². The van der Waals surface area contributed by atoms with E-state index >= 15 is 0 Å². The molecule has 0 aromatic rings. The van der Waals surface area contributed by atoms with Crippen LogP contribution in [0.5, 0.6) is 0 Å². The summed E-state index contributed by atoms with van der Waals surface area (Å²) in [6, 6.07) is 0. The van der Waals surface area contributed by atoms with Crippen molar-refractivity contribution >= 4 is 12.2 Å². The molecule has 104 valence electrons. The summed E-state index contributed by atoms with van der Waals surface area (Å²) in [7, 11) is 0. The highest BCUT2D eigenvalue weighted by molar-refractivity contribution is 5.87. The van der Waals surface area contributed by atoms with Crippen LogP contribution in [0.4, 0.5) is 0 Å². The molecule has 0 atom stereocenters. The minimum Gasteiger partial charge on any atom is -0.352 e. The van der Waals surface area contributed by atoms with Crippen LogP contribution in [0.15, 0.2) is 48.6 Å². The summed E-state index contributed by atoms with van der Waals surface area (Å²) in [5.74, 6) is 0.408. The van der Waals surface area contributed by atoms with Gasteiger partial charge in [-0.25, -0.2) is 0 Å². The Morgan fingerprint density at radius 2 is 1.63 bits per heavy atom. The van der Waals surface area contributed by atoms with Crippen LogP contribution in [0.3, 0.4) is 0 Å². The first-order chi connectivity index (χ1) is 9.16. The average Bonchev–Trinajstić information content (AvgIpc) is 2.38. The molecule has 0 fully saturated rings. The highest BCUT2D eigenvalue weighted by Crippen LogP contribution is 1.94. The molecule has 0 saturated carbocycles. The molecule has 0 aromatic carbocycles. The zero-order valence-corrected chi connectivity index (χ0v) is 11.7. The Hall–Kier alpha value is -1.90. The summed E-state index contributed by atoms with van der Waals surface area (Å²) in [4.78, 5) is 21.3. The molecule has 0 aromatic heterocycles. The maximum atomic E-state index is 11.3. The van der Waals surface area contributed by atoms with Gasteiger partial charge >= 0.3 is 0 Å². The molecule has 0 aliphatic rings. The molecule has 3 nitrogen and oxygen atoms in total. The molecule has 0 rings (SSSR count). The minimum absolute atomic E-state index is 0.0581. The highest BCUT2D eigenvalue weighted by atomic mass is 16.1. The van der Waals surface area contributed by atoms with E-state index in [-0.39, 0.29) is 5.91 Å². The number of hydrogen-bond donors (Lipinski definition) is 1. The van der Waals surface area contributed by atoms with Crippen molar-refractivity contribution in [3.05, 3.63) is 48.6 Å². The predicted molar refractivity (Wildman–Crippen MR) is 79.7 cm³/mol.